The number of aromatic nitrogens is 2. The van der Waals surface area contributed by atoms with Crippen LogP contribution in [0.5, 0.6) is 5.75 Å². The third-order valence-electron chi connectivity index (χ3n) is 3.27. The predicted octanol–water partition coefficient (Wildman–Crippen LogP) is 2.59. The summed E-state index contributed by atoms with van der Waals surface area (Å²) in [5, 5.41) is 4.09. The van der Waals surface area contributed by atoms with Gasteiger partial charge in [0.2, 0.25) is 0 Å². The van der Waals surface area contributed by atoms with E-state index in [0.717, 1.165) is 17.7 Å². The molecule has 0 N–H and O–H groups in total. The van der Waals surface area contributed by atoms with Gasteiger partial charge < -0.3 is 4.74 Å². The molecule has 0 saturated heterocycles. The van der Waals surface area contributed by atoms with Crippen molar-refractivity contribution >= 4 is 19.7 Å². The zero-order valence-corrected chi connectivity index (χ0v) is 13.7. The smallest absolute Gasteiger partial charge is 0.261 e. The highest BCUT2D eigenvalue weighted by atomic mass is 35.7. The molecule has 1 heterocycles. The Kier molecular flexibility index (Phi) is 4.58. The van der Waals surface area contributed by atoms with E-state index in [1.807, 2.05) is 13.1 Å². The molecule has 0 aliphatic carbocycles. The highest BCUT2D eigenvalue weighted by molar-refractivity contribution is 8.13. The first kappa shape index (κ1) is 15.9. The van der Waals surface area contributed by atoms with E-state index >= 15 is 0 Å². The van der Waals surface area contributed by atoms with Crippen LogP contribution in [0.4, 0.5) is 0 Å². The Bertz CT molecular complexity index is 754. The highest BCUT2D eigenvalue weighted by Crippen LogP contribution is 2.27. The Hall–Kier alpha value is -1.53. The van der Waals surface area contributed by atoms with Gasteiger partial charge in [0.15, 0.2) is 0 Å². The van der Waals surface area contributed by atoms with E-state index in [4.69, 9.17) is 15.4 Å². The fourth-order valence-electron chi connectivity index (χ4n) is 2.09. The average Bonchev–Trinajstić information content (AvgIpc) is 2.77. The van der Waals surface area contributed by atoms with Crippen LogP contribution in [0.3, 0.4) is 0 Å². The van der Waals surface area contributed by atoms with Crippen molar-refractivity contribution in [1.82, 2.24) is 9.78 Å². The SMILES string of the molecule is Cc1cc(S(=O)(=O)Cl)c(C)cc1OCCc1ccnn1C. The zero-order valence-electron chi connectivity index (χ0n) is 12.1. The van der Waals surface area contributed by atoms with Crippen LogP contribution in [-0.2, 0) is 22.5 Å². The van der Waals surface area contributed by atoms with Gasteiger partial charge in [-0.15, -0.1) is 0 Å². The summed E-state index contributed by atoms with van der Waals surface area (Å²) in [6.07, 6.45) is 2.47. The second kappa shape index (κ2) is 6.07. The van der Waals surface area contributed by atoms with Crippen molar-refractivity contribution in [1.29, 1.82) is 0 Å². The molecule has 0 aliphatic rings. The second-order valence-corrected chi connectivity index (χ2v) is 7.40. The van der Waals surface area contributed by atoms with Gasteiger partial charge in [-0.2, -0.15) is 5.10 Å². The van der Waals surface area contributed by atoms with E-state index in [1.54, 1.807) is 30.8 Å². The van der Waals surface area contributed by atoms with Gasteiger partial charge in [0, 0.05) is 36.0 Å². The molecular formula is C14H17ClN2O3S. The summed E-state index contributed by atoms with van der Waals surface area (Å²) in [5.41, 5.74) is 2.39. The van der Waals surface area contributed by atoms with E-state index in [0.29, 0.717) is 17.9 Å². The number of nitrogens with zero attached hydrogens (tertiary/aromatic N) is 2. The molecule has 0 bridgehead atoms. The number of benzene rings is 1. The van der Waals surface area contributed by atoms with Crippen LogP contribution in [-0.4, -0.2) is 24.8 Å². The topological polar surface area (TPSA) is 61.2 Å². The van der Waals surface area contributed by atoms with E-state index < -0.39 is 9.05 Å². The molecule has 1 aromatic carbocycles. The minimum atomic E-state index is -3.73. The van der Waals surface area contributed by atoms with Gasteiger partial charge in [-0.3, -0.25) is 4.68 Å². The maximum absolute atomic E-state index is 11.4. The molecule has 1 aromatic heterocycles. The zero-order chi connectivity index (χ0) is 15.6. The number of hydrogen-bond acceptors (Lipinski definition) is 4. The number of rotatable bonds is 5. The van der Waals surface area contributed by atoms with Gasteiger partial charge in [0.25, 0.3) is 9.05 Å². The quantitative estimate of drug-likeness (QED) is 0.791. The van der Waals surface area contributed by atoms with Crippen molar-refractivity contribution in [3.05, 3.63) is 41.2 Å². The van der Waals surface area contributed by atoms with Crippen LogP contribution in [0, 0.1) is 13.8 Å². The third-order valence-corrected chi connectivity index (χ3v) is 4.74. The van der Waals surface area contributed by atoms with Gasteiger partial charge >= 0.3 is 0 Å². The Morgan fingerprint density at radius 3 is 2.57 bits per heavy atom. The molecule has 114 valence electrons. The lowest BCUT2D eigenvalue weighted by Gasteiger charge is -2.12. The molecule has 2 rings (SSSR count). The van der Waals surface area contributed by atoms with Crippen LogP contribution < -0.4 is 4.74 Å². The van der Waals surface area contributed by atoms with Crippen LogP contribution >= 0.6 is 10.7 Å². The van der Waals surface area contributed by atoms with Crippen LogP contribution in [0.15, 0.2) is 29.3 Å². The van der Waals surface area contributed by atoms with Crippen LogP contribution in [0.1, 0.15) is 16.8 Å². The monoisotopic (exact) mass is 328 g/mol. The molecular weight excluding hydrogens is 312 g/mol. The summed E-state index contributed by atoms with van der Waals surface area (Å²) >= 11 is 0. The molecule has 21 heavy (non-hydrogen) atoms. The minimum Gasteiger partial charge on any atom is -0.493 e. The fraction of sp³-hybridized carbons (Fsp3) is 0.357. The molecule has 0 unspecified atom stereocenters. The van der Waals surface area contributed by atoms with Crippen LogP contribution in [0.25, 0.3) is 0 Å². The first-order valence-corrected chi connectivity index (χ1v) is 8.75. The standard InChI is InChI=1S/C14H17ClN2O3S/c1-10-9-14(21(15,18)19)11(2)8-13(10)20-7-5-12-4-6-16-17(12)3/h4,6,8-9H,5,7H2,1-3H3. The summed E-state index contributed by atoms with van der Waals surface area (Å²) < 4.78 is 30.4. The van der Waals surface area contributed by atoms with Crippen molar-refractivity contribution in [2.75, 3.05) is 6.61 Å². The van der Waals surface area contributed by atoms with Gasteiger partial charge in [0.1, 0.15) is 5.75 Å². The van der Waals surface area contributed by atoms with E-state index in [-0.39, 0.29) is 4.90 Å². The van der Waals surface area contributed by atoms with E-state index in [9.17, 15) is 8.42 Å². The Balaban J connectivity index is 2.11. The molecule has 0 radical (unpaired) electrons. The summed E-state index contributed by atoms with van der Waals surface area (Å²) in [7, 11) is 3.55. The Labute approximate surface area is 128 Å². The van der Waals surface area contributed by atoms with Gasteiger partial charge in [-0.1, -0.05) is 0 Å². The summed E-state index contributed by atoms with van der Waals surface area (Å²) in [5.74, 6) is 0.665. The summed E-state index contributed by atoms with van der Waals surface area (Å²) in [4.78, 5) is 0.126. The van der Waals surface area contributed by atoms with Crippen molar-refractivity contribution in [3.63, 3.8) is 0 Å². The lowest BCUT2D eigenvalue weighted by Crippen LogP contribution is -2.07. The largest absolute Gasteiger partial charge is 0.493 e. The molecule has 0 spiro atoms. The average molecular weight is 329 g/mol. The molecule has 0 saturated carbocycles. The lowest BCUT2D eigenvalue weighted by atomic mass is 10.1. The predicted molar refractivity (Wildman–Crippen MR) is 81.4 cm³/mol. The van der Waals surface area contributed by atoms with Crippen molar-refractivity contribution in [3.8, 4) is 5.75 Å². The lowest BCUT2D eigenvalue weighted by molar-refractivity contribution is 0.316. The summed E-state index contributed by atoms with van der Waals surface area (Å²) in [6.45, 7) is 3.99. The van der Waals surface area contributed by atoms with Crippen molar-refractivity contribution in [2.45, 2.75) is 25.2 Å². The van der Waals surface area contributed by atoms with E-state index in [2.05, 4.69) is 5.10 Å². The van der Waals surface area contributed by atoms with Crippen LogP contribution in [0.2, 0.25) is 0 Å². The summed E-state index contributed by atoms with van der Waals surface area (Å²) in [6, 6.07) is 5.18. The van der Waals surface area contributed by atoms with Gasteiger partial charge in [-0.25, -0.2) is 8.42 Å². The number of hydrogen-bond donors (Lipinski definition) is 0. The normalized spacial score (nSPS) is 11.6. The number of ether oxygens (including phenoxy) is 1. The first-order valence-electron chi connectivity index (χ1n) is 6.44. The number of halogens is 1. The molecule has 0 amide bonds. The van der Waals surface area contributed by atoms with Gasteiger partial charge in [-0.05, 0) is 43.2 Å². The molecule has 0 atom stereocenters. The number of aryl methyl sites for hydroxylation is 3. The second-order valence-electron chi connectivity index (χ2n) is 4.87. The molecule has 7 heteroatoms. The molecule has 2 aromatic rings. The van der Waals surface area contributed by atoms with Crippen molar-refractivity contribution in [2.24, 2.45) is 7.05 Å². The van der Waals surface area contributed by atoms with Gasteiger partial charge in [0.05, 0.1) is 11.5 Å². The molecule has 5 nitrogen and oxygen atoms in total. The molecule has 0 aliphatic heterocycles. The first-order chi connectivity index (χ1) is 9.79. The minimum absolute atomic E-state index is 0.126. The Morgan fingerprint density at radius 2 is 2.00 bits per heavy atom. The molecule has 0 fully saturated rings. The van der Waals surface area contributed by atoms with E-state index in [1.165, 1.54) is 6.07 Å². The maximum Gasteiger partial charge on any atom is 0.261 e. The Morgan fingerprint density at radius 1 is 1.29 bits per heavy atom. The highest BCUT2D eigenvalue weighted by Gasteiger charge is 2.16. The third kappa shape index (κ3) is 3.77. The maximum atomic E-state index is 11.4. The fourth-order valence-corrected chi connectivity index (χ4v) is 3.35. The van der Waals surface area contributed by atoms with Crippen molar-refractivity contribution < 1.29 is 13.2 Å².